The first-order chi connectivity index (χ1) is 6.08. The summed E-state index contributed by atoms with van der Waals surface area (Å²) in [5.74, 6) is 0.695. The molecule has 1 saturated heterocycles. The van der Waals surface area contributed by atoms with E-state index < -0.39 is 11.6 Å². The second kappa shape index (κ2) is 2.35. The lowest BCUT2D eigenvalue weighted by Crippen LogP contribution is -2.72. The second-order valence-corrected chi connectivity index (χ2v) is 3.50. The van der Waals surface area contributed by atoms with Crippen LogP contribution in [-0.2, 0) is 10.3 Å². The second-order valence-electron chi connectivity index (χ2n) is 3.50. The molecule has 2 N–H and O–H groups in total. The predicted octanol–water partition coefficient (Wildman–Crippen LogP) is 0.294. The first kappa shape index (κ1) is 8.31. The van der Waals surface area contributed by atoms with Crippen LogP contribution in [0.15, 0.2) is 22.8 Å². The van der Waals surface area contributed by atoms with Gasteiger partial charge in [0.05, 0.1) is 6.26 Å². The lowest BCUT2D eigenvalue weighted by molar-refractivity contribution is -0.159. The minimum absolute atomic E-state index is 0.0427. The average molecular weight is 180 g/mol. The molecule has 1 aliphatic heterocycles. The molecule has 4 heteroatoms. The van der Waals surface area contributed by atoms with Crippen LogP contribution in [-0.4, -0.2) is 23.9 Å². The quantitative estimate of drug-likeness (QED) is 0.632. The summed E-state index contributed by atoms with van der Waals surface area (Å²) in [5, 5.41) is 0. The van der Waals surface area contributed by atoms with E-state index in [1.54, 1.807) is 24.3 Å². The Labute approximate surface area is 76.3 Å². The molecule has 1 aromatic rings. The molecule has 0 aliphatic carbocycles. The summed E-state index contributed by atoms with van der Waals surface area (Å²) in [6, 6.07) is 3.15. The van der Waals surface area contributed by atoms with Gasteiger partial charge < -0.3 is 15.1 Å². The average Bonchev–Trinajstić information content (AvgIpc) is 2.67. The molecule has 1 aliphatic rings. The number of carbonyl (C=O) groups is 1. The summed E-state index contributed by atoms with van der Waals surface area (Å²) in [6.07, 6.45) is 1.59. The Hall–Kier alpha value is -1.29. The highest BCUT2D eigenvalue weighted by Crippen LogP contribution is 2.38. The fraction of sp³-hybridized carbons (Fsp3) is 0.444. The third kappa shape index (κ3) is 0.808. The maximum Gasteiger partial charge on any atom is 0.243 e. The number of nitrogens with zero attached hydrogens (tertiary/aromatic N) is 1. The van der Waals surface area contributed by atoms with E-state index in [-0.39, 0.29) is 5.91 Å². The molecule has 1 amide bonds. The molecule has 13 heavy (non-hydrogen) atoms. The molecule has 2 rings (SSSR count). The molecule has 2 heterocycles. The number of hydrogen-bond acceptors (Lipinski definition) is 3. The van der Waals surface area contributed by atoms with Gasteiger partial charge in [0.25, 0.3) is 0 Å². The van der Waals surface area contributed by atoms with Crippen molar-refractivity contribution in [2.24, 2.45) is 5.73 Å². The number of carbonyl (C=O) groups excluding carboxylic acids is 1. The molecule has 0 saturated carbocycles. The molecule has 1 aromatic heterocycles. The highest BCUT2D eigenvalue weighted by atomic mass is 16.3. The third-order valence-electron chi connectivity index (χ3n) is 2.92. The monoisotopic (exact) mass is 180 g/mol. The fourth-order valence-electron chi connectivity index (χ4n) is 1.71. The van der Waals surface area contributed by atoms with Gasteiger partial charge in [-0.15, -0.1) is 0 Å². The first-order valence-corrected chi connectivity index (χ1v) is 4.15. The summed E-state index contributed by atoms with van der Waals surface area (Å²) in [6.45, 7) is 1.90. The van der Waals surface area contributed by atoms with E-state index in [0.717, 1.165) is 5.76 Å². The fourth-order valence-corrected chi connectivity index (χ4v) is 1.71. The molecule has 70 valence electrons. The number of hydrogen-bond donors (Lipinski definition) is 1. The molecule has 0 bridgehead atoms. The van der Waals surface area contributed by atoms with Gasteiger partial charge in [0.15, 0.2) is 0 Å². The van der Waals surface area contributed by atoms with Gasteiger partial charge in [-0.2, -0.15) is 0 Å². The molecule has 2 atom stereocenters. The minimum Gasteiger partial charge on any atom is -0.467 e. The van der Waals surface area contributed by atoms with E-state index in [2.05, 4.69) is 0 Å². The molecule has 4 nitrogen and oxygen atoms in total. The van der Waals surface area contributed by atoms with Gasteiger partial charge in [-0.05, 0) is 19.1 Å². The Bertz CT molecular complexity index is 319. The van der Waals surface area contributed by atoms with E-state index in [4.69, 9.17) is 10.2 Å². The van der Waals surface area contributed by atoms with Gasteiger partial charge in [-0.25, -0.2) is 0 Å². The summed E-state index contributed by atoms with van der Waals surface area (Å²) in [7, 11) is 1.73. The Morgan fingerprint density at radius 2 is 2.38 bits per heavy atom. The van der Waals surface area contributed by atoms with E-state index in [1.807, 2.05) is 13.0 Å². The number of furan rings is 1. The number of β-lactam (4-membered cyclic amide) rings is 1. The van der Waals surface area contributed by atoms with Crippen LogP contribution in [0.2, 0.25) is 0 Å². The molecule has 0 unspecified atom stereocenters. The molecule has 0 radical (unpaired) electrons. The van der Waals surface area contributed by atoms with Crippen LogP contribution in [0.5, 0.6) is 0 Å². The standard InChI is InChI=1S/C9H12N2O2/c1-9(6-4-3-5-13-6)7(10)8(12)11(9)2/h3-5,7H,10H2,1-2H3/t7-,9+/m0/s1. The lowest BCUT2D eigenvalue weighted by atomic mass is 9.79. The van der Waals surface area contributed by atoms with Gasteiger partial charge in [0.2, 0.25) is 5.91 Å². The highest BCUT2D eigenvalue weighted by Gasteiger charge is 2.56. The van der Waals surface area contributed by atoms with E-state index in [9.17, 15) is 4.79 Å². The van der Waals surface area contributed by atoms with Crippen molar-refractivity contribution >= 4 is 5.91 Å². The summed E-state index contributed by atoms with van der Waals surface area (Å²) < 4.78 is 5.26. The van der Waals surface area contributed by atoms with Crippen LogP contribution in [0, 0.1) is 0 Å². The number of rotatable bonds is 1. The zero-order valence-corrected chi connectivity index (χ0v) is 7.65. The van der Waals surface area contributed by atoms with E-state index in [0.29, 0.717) is 0 Å². The zero-order valence-electron chi connectivity index (χ0n) is 7.65. The summed E-state index contributed by atoms with van der Waals surface area (Å²) in [5.41, 5.74) is 5.26. The van der Waals surface area contributed by atoms with Crippen molar-refractivity contribution in [1.82, 2.24) is 4.90 Å². The number of likely N-dealkylation sites (tertiary alicyclic amines) is 1. The zero-order chi connectivity index (χ0) is 9.64. The molecule has 1 fully saturated rings. The Morgan fingerprint density at radius 1 is 1.69 bits per heavy atom. The highest BCUT2D eigenvalue weighted by molar-refractivity contribution is 5.90. The normalized spacial score (nSPS) is 33.3. The van der Waals surface area contributed by atoms with Crippen molar-refractivity contribution in [3.8, 4) is 0 Å². The molecular formula is C9H12N2O2. The smallest absolute Gasteiger partial charge is 0.243 e. The minimum atomic E-state index is -0.483. The van der Waals surface area contributed by atoms with Gasteiger partial charge in [0.1, 0.15) is 17.3 Å². The maximum absolute atomic E-state index is 11.2. The van der Waals surface area contributed by atoms with Gasteiger partial charge in [-0.3, -0.25) is 4.79 Å². The maximum atomic E-state index is 11.2. The largest absolute Gasteiger partial charge is 0.467 e. The number of nitrogens with two attached hydrogens (primary N) is 1. The third-order valence-corrected chi connectivity index (χ3v) is 2.92. The molecule has 0 aromatic carbocycles. The van der Waals surface area contributed by atoms with Crippen molar-refractivity contribution in [3.63, 3.8) is 0 Å². The van der Waals surface area contributed by atoms with Crippen molar-refractivity contribution in [2.45, 2.75) is 18.5 Å². The topological polar surface area (TPSA) is 59.5 Å². The Kier molecular flexibility index (Phi) is 1.51. The van der Waals surface area contributed by atoms with Crippen LogP contribution in [0.25, 0.3) is 0 Å². The van der Waals surface area contributed by atoms with E-state index >= 15 is 0 Å². The van der Waals surface area contributed by atoms with Crippen LogP contribution in [0.1, 0.15) is 12.7 Å². The van der Waals surface area contributed by atoms with Crippen molar-refractivity contribution in [2.75, 3.05) is 7.05 Å². The van der Waals surface area contributed by atoms with Crippen molar-refractivity contribution < 1.29 is 9.21 Å². The van der Waals surface area contributed by atoms with Crippen molar-refractivity contribution in [3.05, 3.63) is 24.2 Å². The predicted molar refractivity (Wildman–Crippen MR) is 46.8 cm³/mol. The first-order valence-electron chi connectivity index (χ1n) is 4.15. The van der Waals surface area contributed by atoms with Gasteiger partial charge in [-0.1, -0.05) is 0 Å². The Balaban J connectivity index is 2.38. The van der Waals surface area contributed by atoms with E-state index in [1.165, 1.54) is 0 Å². The Morgan fingerprint density at radius 3 is 2.85 bits per heavy atom. The van der Waals surface area contributed by atoms with Gasteiger partial charge >= 0.3 is 0 Å². The SMILES string of the molecule is CN1C(=O)[C@H](N)[C@@]1(C)c1ccco1. The van der Waals surface area contributed by atoms with Gasteiger partial charge in [0, 0.05) is 7.05 Å². The van der Waals surface area contributed by atoms with Crippen LogP contribution in [0.3, 0.4) is 0 Å². The van der Waals surface area contributed by atoms with Crippen LogP contribution in [0.4, 0.5) is 0 Å². The lowest BCUT2D eigenvalue weighted by Gasteiger charge is -2.51. The molecule has 0 spiro atoms. The number of amides is 1. The summed E-state index contributed by atoms with van der Waals surface area (Å²) in [4.78, 5) is 12.8. The van der Waals surface area contributed by atoms with Crippen LogP contribution >= 0.6 is 0 Å². The van der Waals surface area contributed by atoms with Crippen LogP contribution < -0.4 is 5.73 Å². The molecular weight excluding hydrogens is 168 g/mol. The number of likely N-dealkylation sites (N-methyl/N-ethyl adjacent to an activating group) is 1. The summed E-state index contributed by atoms with van der Waals surface area (Å²) >= 11 is 0. The van der Waals surface area contributed by atoms with Crippen molar-refractivity contribution in [1.29, 1.82) is 0 Å².